The van der Waals surface area contributed by atoms with Crippen LogP contribution in [0.4, 0.5) is 9.59 Å². The van der Waals surface area contributed by atoms with Crippen molar-refractivity contribution in [1.29, 1.82) is 0 Å². The van der Waals surface area contributed by atoms with Gasteiger partial charge in [-0.05, 0) is 26.3 Å². The van der Waals surface area contributed by atoms with Gasteiger partial charge in [-0.2, -0.15) is 0 Å². The van der Waals surface area contributed by atoms with Gasteiger partial charge in [-0.15, -0.1) is 0 Å². The molecule has 1 fully saturated rings. The molecule has 0 bridgehead atoms. The quantitative estimate of drug-likeness (QED) is 0.669. The van der Waals surface area contributed by atoms with E-state index in [-0.39, 0.29) is 18.7 Å². The average molecular weight is 431 g/mol. The Hall–Kier alpha value is -3.07. The zero-order chi connectivity index (χ0) is 22.4. The van der Waals surface area contributed by atoms with Gasteiger partial charge < -0.3 is 25.0 Å². The summed E-state index contributed by atoms with van der Waals surface area (Å²) in [6.45, 7) is 8.73. The first kappa shape index (κ1) is 22.6. The summed E-state index contributed by atoms with van der Waals surface area (Å²) in [7, 11) is 0. The molecule has 1 saturated heterocycles. The van der Waals surface area contributed by atoms with E-state index in [1.165, 1.54) is 0 Å². The monoisotopic (exact) mass is 430 g/mol. The molecule has 2 aliphatic rings. The van der Waals surface area contributed by atoms with Crippen LogP contribution in [0.5, 0.6) is 0 Å². The number of rotatable bonds is 6. The molecule has 3 rings (SSSR count). The van der Waals surface area contributed by atoms with E-state index in [9.17, 15) is 14.4 Å². The Morgan fingerprint density at radius 1 is 1.03 bits per heavy atom. The molecule has 168 valence electrons. The van der Waals surface area contributed by atoms with E-state index in [0.29, 0.717) is 50.6 Å². The number of esters is 1. The van der Waals surface area contributed by atoms with Crippen molar-refractivity contribution in [2.45, 2.75) is 26.8 Å². The number of hydrogen-bond acceptors (Lipinski definition) is 6. The molecule has 2 N–H and O–H groups in total. The van der Waals surface area contributed by atoms with Crippen LogP contribution in [-0.4, -0.2) is 73.8 Å². The van der Waals surface area contributed by atoms with Crippen LogP contribution in [0.2, 0.25) is 0 Å². The van der Waals surface area contributed by atoms with Crippen LogP contribution >= 0.6 is 0 Å². The van der Waals surface area contributed by atoms with E-state index in [1.807, 2.05) is 31.2 Å². The van der Waals surface area contributed by atoms with Gasteiger partial charge in [0.05, 0.1) is 24.8 Å². The number of hydrogen-bond donors (Lipinski definition) is 2. The molecular formula is C22H30N4O5. The highest BCUT2D eigenvalue weighted by atomic mass is 16.6. The molecule has 0 spiro atoms. The van der Waals surface area contributed by atoms with Crippen molar-refractivity contribution in [1.82, 2.24) is 20.4 Å². The van der Waals surface area contributed by atoms with Crippen molar-refractivity contribution in [3.05, 3.63) is 46.7 Å². The van der Waals surface area contributed by atoms with Gasteiger partial charge in [0.25, 0.3) is 0 Å². The van der Waals surface area contributed by atoms with Crippen molar-refractivity contribution in [2.24, 2.45) is 0 Å². The second kappa shape index (κ2) is 10.3. The summed E-state index contributed by atoms with van der Waals surface area (Å²) in [5.41, 5.74) is 2.83. The minimum Gasteiger partial charge on any atom is -0.463 e. The third-order valence-corrected chi connectivity index (χ3v) is 5.34. The summed E-state index contributed by atoms with van der Waals surface area (Å²) in [5, 5.41) is 5.65. The second-order valence-corrected chi connectivity index (χ2v) is 7.52. The van der Waals surface area contributed by atoms with E-state index in [4.69, 9.17) is 9.47 Å². The van der Waals surface area contributed by atoms with E-state index in [1.54, 1.807) is 18.7 Å². The molecule has 2 aliphatic heterocycles. The number of urea groups is 1. The minimum atomic E-state index is -0.593. The number of carbonyl (C=O) groups is 3. The van der Waals surface area contributed by atoms with Gasteiger partial charge in [-0.3, -0.25) is 4.90 Å². The highest BCUT2D eigenvalue weighted by Crippen LogP contribution is 2.28. The summed E-state index contributed by atoms with van der Waals surface area (Å²) in [4.78, 5) is 41.0. The Kier molecular flexibility index (Phi) is 7.51. The lowest BCUT2D eigenvalue weighted by Gasteiger charge is -2.36. The van der Waals surface area contributed by atoms with Crippen LogP contribution in [0, 0.1) is 6.92 Å². The molecule has 9 heteroatoms. The van der Waals surface area contributed by atoms with Crippen molar-refractivity contribution in [3.63, 3.8) is 0 Å². The first-order chi connectivity index (χ1) is 14.9. The maximum absolute atomic E-state index is 12.9. The van der Waals surface area contributed by atoms with Crippen LogP contribution < -0.4 is 10.6 Å². The predicted octanol–water partition coefficient (Wildman–Crippen LogP) is 1.94. The second-order valence-electron chi connectivity index (χ2n) is 7.52. The van der Waals surface area contributed by atoms with Crippen LogP contribution in [0.1, 0.15) is 31.0 Å². The number of ether oxygens (including phenoxy) is 2. The molecule has 0 radical (unpaired) electrons. The molecule has 31 heavy (non-hydrogen) atoms. The molecule has 2 heterocycles. The molecule has 0 saturated carbocycles. The summed E-state index contributed by atoms with van der Waals surface area (Å²) < 4.78 is 10.4. The van der Waals surface area contributed by atoms with Gasteiger partial charge in [0.1, 0.15) is 0 Å². The van der Waals surface area contributed by atoms with Crippen molar-refractivity contribution >= 4 is 18.1 Å². The molecule has 1 aromatic rings. The number of nitrogens with zero attached hydrogens (tertiary/aromatic N) is 2. The molecule has 1 unspecified atom stereocenters. The third-order valence-electron chi connectivity index (χ3n) is 5.34. The van der Waals surface area contributed by atoms with Crippen LogP contribution in [0.15, 0.2) is 35.5 Å². The Balaban J connectivity index is 1.82. The van der Waals surface area contributed by atoms with E-state index in [2.05, 4.69) is 15.5 Å². The zero-order valence-electron chi connectivity index (χ0n) is 18.3. The molecule has 9 nitrogen and oxygen atoms in total. The SMILES string of the molecule is CCOC(=O)C1=C(CN2CCN(C(=O)OCC)CC2)NC(=O)NC1c1ccc(C)cc1. The van der Waals surface area contributed by atoms with Crippen molar-refractivity contribution < 1.29 is 23.9 Å². The third kappa shape index (κ3) is 5.55. The Morgan fingerprint density at radius 2 is 1.68 bits per heavy atom. The van der Waals surface area contributed by atoms with Gasteiger partial charge in [-0.25, -0.2) is 14.4 Å². The lowest BCUT2D eigenvalue weighted by molar-refractivity contribution is -0.139. The zero-order valence-corrected chi connectivity index (χ0v) is 18.3. The molecule has 1 aromatic carbocycles. The fraction of sp³-hybridized carbons (Fsp3) is 0.500. The normalized spacial score (nSPS) is 19.5. The smallest absolute Gasteiger partial charge is 0.409 e. The molecular weight excluding hydrogens is 400 g/mol. The minimum absolute atomic E-state index is 0.238. The summed E-state index contributed by atoms with van der Waals surface area (Å²) >= 11 is 0. The Labute approximate surface area is 182 Å². The number of carbonyl (C=O) groups excluding carboxylic acids is 3. The molecule has 0 aliphatic carbocycles. The average Bonchev–Trinajstić information content (AvgIpc) is 2.74. The van der Waals surface area contributed by atoms with Gasteiger partial charge >= 0.3 is 18.1 Å². The highest BCUT2D eigenvalue weighted by molar-refractivity contribution is 5.95. The summed E-state index contributed by atoms with van der Waals surface area (Å²) in [6.07, 6.45) is -0.316. The maximum atomic E-state index is 12.9. The highest BCUT2D eigenvalue weighted by Gasteiger charge is 2.35. The maximum Gasteiger partial charge on any atom is 0.409 e. The lowest BCUT2D eigenvalue weighted by Crippen LogP contribution is -2.52. The molecule has 0 aromatic heterocycles. The first-order valence-corrected chi connectivity index (χ1v) is 10.6. The first-order valence-electron chi connectivity index (χ1n) is 10.6. The van der Waals surface area contributed by atoms with Gasteiger partial charge in [0.2, 0.25) is 0 Å². The van der Waals surface area contributed by atoms with Gasteiger partial charge in [-0.1, -0.05) is 29.8 Å². The van der Waals surface area contributed by atoms with Crippen LogP contribution in [-0.2, 0) is 14.3 Å². The van der Waals surface area contributed by atoms with Gasteiger partial charge in [0.15, 0.2) is 0 Å². The fourth-order valence-electron chi connectivity index (χ4n) is 3.73. The molecule has 1 atom stereocenters. The number of benzene rings is 1. The van der Waals surface area contributed by atoms with E-state index in [0.717, 1.165) is 11.1 Å². The number of nitrogens with one attached hydrogen (secondary N) is 2. The number of amides is 3. The van der Waals surface area contributed by atoms with E-state index >= 15 is 0 Å². The van der Waals surface area contributed by atoms with Crippen molar-refractivity contribution in [2.75, 3.05) is 45.9 Å². The van der Waals surface area contributed by atoms with Crippen molar-refractivity contribution in [3.8, 4) is 0 Å². The summed E-state index contributed by atoms with van der Waals surface area (Å²) in [6, 6.07) is 6.74. The van der Waals surface area contributed by atoms with Crippen LogP contribution in [0.25, 0.3) is 0 Å². The topological polar surface area (TPSA) is 100 Å². The predicted molar refractivity (Wildman–Crippen MR) is 114 cm³/mol. The van der Waals surface area contributed by atoms with E-state index < -0.39 is 12.0 Å². The largest absolute Gasteiger partial charge is 0.463 e. The Bertz CT molecular complexity index is 844. The standard InChI is InChI=1S/C22H30N4O5/c1-4-30-20(27)18-17(14-25-10-12-26(13-11-25)22(29)31-5-2)23-21(28)24-19(18)16-8-6-15(3)7-9-16/h6-9,19H,4-5,10-14H2,1-3H3,(H2,23,24,28). The van der Waals surface area contributed by atoms with Crippen LogP contribution in [0.3, 0.4) is 0 Å². The number of piperazine rings is 1. The molecule has 3 amide bonds. The van der Waals surface area contributed by atoms with Gasteiger partial charge in [0, 0.05) is 38.4 Å². The summed E-state index contributed by atoms with van der Waals surface area (Å²) in [5.74, 6) is -0.458. The lowest BCUT2D eigenvalue weighted by atomic mass is 9.94. The fourth-order valence-corrected chi connectivity index (χ4v) is 3.73. The number of aryl methyl sites for hydroxylation is 1. The Morgan fingerprint density at radius 3 is 2.29 bits per heavy atom.